The maximum atomic E-state index is 12.4. The average Bonchev–Trinajstić information content (AvgIpc) is 3.25. The maximum Gasteiger partial charge on any atom is 0.239 e. The van der Waals surface area contributed by atoms with Crippen LogP contribution in [0.1, 0.15) is 20.8 Å². The lowest BCUT2D eigenvalue weighted by Gasteiger charge is -2.08. The van der Waals surface area contributed by atoms with Gasteiger partial charge in [-0.2, -0.15) is 0 Å². The summed E-state index contributed by atoms with van der Waals surface area (Å²) in [6, 6.07) is 10.2. The van der Waals surface area contributed by atoms with Crippen LogP contribution in [0.5, 0.6) is 0 Å². The van der Waals surface area contributed by atoms with Crippen molar-refractivity contribution in [3.63, 3.8) is 0 Å². The van der Waals surface area contributed by atoms with E-state index in [1.165, 1.54) is 34.4 Å². The van der Waals surface area contributed by atoms with Gasteiger partial charge in [0, 0.05) is 17.0 Å². The Bertz CT molecular complexity index is 862. The summed E-state index contributed by atoms with van der Waals surface area (Å²) in [7, 11) is 0. The molecule has 3 rings (SSSR count). The van der Waals surface area contributed by atoms with Gasteiger partial charge in [0.1, 0.15) is 0 Å². The first-order valence-corrected chi connectivity index (χ1v) is 10.7. The number of benzene rings is 1. The van der Waals surface area contributed by atoms with E-state index >= 15 is 0 Å². The summed E-state index contributed by atoms with van der Waals surface area (Å²) >= 11 is 4.26. The van der Waals surface area contributed by atoms with Crippen molar-refractivity contribution in [1.29, 1.82) is 0 Å². The van der Waals surface area contributed by atoms with Gasteiger partial charge in [0.2, 0.25) is 11.0 Å². The molecule has 0 radical (unpaired) electrons. The number of nitrogens with zero attached hydrogens (tertiary/aromatic N) is 3. The number of rotatable bonds is 7. The van der Waals surface area contributed by atoms with Gasteiger partial charge in [0.15, 0.2) is 9.47 Å². The zero-order valence-electron chi connectivity index (χ0n) is 14.6. The quantitative estimate of drug-likeness (QED) is 0.559. The molecule has 9 heteroatoms. The number of thioether (sulfide) groups is 1. The highest BCUT2D eigenvalue weighted by Gasteiger charge is 2.19. The van der Waals surface area contributed by atoms with Crippen molar-refractivity contribution in [2.24, 2.45) is 0 Å². The number of nitrogens with one attached hydrogen (secondary N) is 2. The fourth-order valence-electron chi connectivity index (χ4n) is 2.05. The largest absolute Gasteiger partial charge is 0.358 e. The van der Waals surface area contributed by atoms with Crippen molar-refractivity contribution in [3.05, 3.63) is 35.7 Å². The molecule has 26 heavy (non-hydrogen) atoms. The first kappa shape index (κ1) is 18.8. The van der Waals surface area contributed by atoms with Crippen LogP contribution in [-0.2, 0) is 4.79 Å². The van der Waals surface area contributed by atoms with Crippen LogP contribution >= 0.6 is 34.4 Å². The zero-order valence-corrected chi connectivity index (χ0v) is 17.0. The van der Waals surface area contributed by atoms with Gasteiger partial charge in [-0.15, -0.1) is 21.5 Å². The van der Waals surface area contributed by atoms with Crippen LogP contribution in [0.15, 0.2) is 40.1 Å². The Balaban J connectivity index is 1.57. The molecule has 0 fully saturated rings. The predicted octanol–water partition coefficient (Wildman–Crippen LogP) is 4.60. The second kappa shape index (κ2) is 8.61. The predicted molar refractivity (Wildman–Crippen MR) is 110 cm³/mol. The molecule has 0 saturated heterocycles. The van der Waals surface area contributed by atoms with E-state index in [2.05, 4.69) is 25.8 Å². The van der Waals surface area contributed by atoms with Gasteiger partial charge in [-0.3, -0.25) is 4.79 Å². The van der Waals surface area contributed by atoms with Crippen molar-refractivity contribution in [1.82, 2.24) is 15.2 Å². The Morgan fingerprint density at radius 3 is 2.62 bits per heavy atom. The smallest absolute Gasteiger partial charge is 0.239 e. The van der Waals surface area contributed by atoms with Crippen LogP contribution < -0.4 is 10.6 Å². The van der Waals surface area contributed by atoms with E-state index in [0.717, 1.165) is 20.7 Å². The summed E-state index contributed by atoms with van der Waals surface area (Å²) < 4.78 is 0.764. The van der Waals surface area contributed by atoms with Crippen LogP contribution in [0.3, 0.4) is 0 Å². The first-order valence-electron chi connectivity index (χ1n) is 8.10. The molecule has 0 bridgehead atoms. The van der Waals surface area contributed by atoms with Gasteiger partial charge < -0.3 is 10.6 Å². The fraction of sp³-hybridized carbons (Fsp3) is 0.294. The van der Waals surface area contributed by atoms with Gasteiger partial charge in [0.25, 0.3) is 0 Å². The minimum atomic E-state index is -0.293. The molecule has 0 aliphatic carbocycles. The monoisotopic (exact) mass is 405 g/mol. The van der Waals surface area contributed by atoms with Crippen LogP contribution in [-0.4, -0.2) is 32.4 Å². The number of carbonyl (C=O) groups excluding carboxylic acids is 1. The molecular formula is C17H19N5OS3. The molecule has 2 heterocycles. The molecule has 1 amide bonds. The number of aromatic nitrogens is 3. The molecule has 0 spiro atoms. The van der Waals surface area contributed by atoms with Gasteiger partial charge in [-0.05, 0) is 20.8 Å². The van der Waals surface area contributed by atoms with E-state index in [1.54, 1.807) is 0 Å². The Morgan fingerprint density at radius 1 is 1.12 bits per heavy atom. The average molecular weight is 406 g/mol. The molecule has 3 aromatic rings. The van der Waals surface area contributed by atoms with E-state index in [1.807, 2.05) is 56.5 Å². The van der Waals surface area contributed by atoms with E-state index in [9.17, 15) is 4.79 Å². The molecular weight excluding hydrogens is 386 g/mol. The molecule has 1 aromatic carbocycles. The molecule has 136 valence electrons. The number of thiazole rings is 1. The lowest BCUT2D eigenvalue weighted by atomic mass is 10.2. The van der Waals surface area contributed by atoms with E-state index in [0.29, 0.717) is 11.2 Å². The second-order valence-corrected chi connectivity index (χ2v) is 9.25. The molecule has 1 unspecified atom stereocenters. The molecule has 1 atom stereocenters. The second-order valence-electron chi connectivity index (χ2n) is 5.83. The van der Waals surface area contributed by atoms with Crippen LogP contribution in [0, 0.1) is 0 Å². The SMILES string of the molecule is CC(C)Nc1nnc(SC(C)C(=O)Nc2nc(-c3ccccc3)cs2)s1. The number of amides is 1. The van der Waals surface area contributed by atoms with E-state index < -0.39 is 0 Å². The summed E-state index contributed by atoms with van der Waals surface area (Å²) in [6.45, 7) is 5.94. The molecule has 0 aliphatic rings. The van der Waals surface area contributed by atoms with Gasteiger partial charge in [0.05, 0.1) is 10.9 Å². The van der Waals surface area contributed by atoms with Crippen molar-refractivity contribution in [2.45, 2.75) is 36.4 Å². The number of hydrogen-bond acceptors (Lipinski definition) is 8. The topological polar surface area (TPSA) is 79.8 Å². The normalized spacial score (nSPS) is 12.2. The van der Waals surface area contributed by atoms with E-state index in [4.69, 9.17) is 0 Å². The summed E-state index contributed by atoms with van der Waals surface area (Å²) in [5.74, 6) is -0.0995. The Hall–Kier alpha value is -1.97. The van der Waals surface area contributed by atoms with Gasteiger partial charge in [-0.25, -0.2) is 4.98 Å². The van der Waals surface area contributed by atoms with Gasteiger partial charge in [-0.1, -0.05) is 53.4 Å². The van der Waals surface area contributed by atoms with Crippen molar-refractivity contribution >= 4 is 50.6 Å². The lowest BCUT2D eigenvalue weighted by Crippen LogP contribution is -2.22. The highest BCUT2D eigenvalue weighted by molar-refractivity contribution is 8.02. The third-order valence-electron chi connectivity index (χ3n) is 3.27. The third-order valence-corrected chi connectivity index (χ3v) is 6.07. The van der Waals surface area contributed by atoms with Crippen LogP contribution in [0.4, 0.5) is 10.3 Å². The van der Waals surface area contributed by atoms with Crippen molar-refractivity contribution < 1.29 is 4.79 Å². The lowest BCUT2D eigenvalue weighted by molar-refractivity contribution is -0.115. The standard InChI is InChI=1S/C17H19N5OS3/c1-10(2)18-16-21-22-17(26-16)25-11(3)14(23)20-15-19-13(9-24-15)12-7-5-4-6-8-12/h4-11H,1-3H3,(H,18,21)(H,19,20,23). The summed E-state index contributed by atoms with van der Waals surface area (Å²) in [5, 5.41) is 17.3. The number of hydrogen-bond donors (Lipinski definition) is 2. The summed E-state index contributed by atoms with van der Waals surface area (Å²) in [5.41, 5.74) is 1.89. The van der Waals surface area contributed by atoms with Crippen molar-refractivity contribution in [3.8, 4) is 11.3 Å². The van der Waals surface area contributed by atoms with Crippen LogP contribution in [0.25, 0.3) is 11.3 Å². The first-order chi connectivity index (χ1) is 12.5. The highest BCUT2D eigenvalue weighted by atomic mass is 32.2. The minimum Gasteiger partial charge on any atom is -0.358 e. The maximum absolute atomic E-state index is 12.4. The minimum absolute atomic E-state index is 0.0995. The summed E-state index contributed by atoms with van der Waals surface area (Å²) in [6.07, 6.45) is 0. The molecule has 0 saturated carbocycles. The van der Waals surface area contributed by atoms with E-state index in [-0.39, 0.29) is 11.2 Å². The van der Waals surface area contributed by atoms with Crippen LogP contribution in [0.2, 0.25) is 0 Å². The van der Waals surface area contributed by atoms with Gasteiger partial charge >= 0.3 is 0 Å². The Kier molecular flexibility index (Phi) is 6.23. The third kappa shape index (κ3) is 5.03. The number of carbonyl (C=O) groups is 1. The molecule has 2 N–H and O–H groups in total. The Labute approximate surface area is 164 Å². The zero-order chi connectivity index (χ0) is 18.5. The van der Waals surface area contributed by atoms with Crippen molar-refractivity contribution in [2.75, 3.05) is 10.6 Å². The molecule has 6 nitrogen and oxygen atoms in total. The highest BCUT2D eigenvalue weighted by Crippen LogP contribution is 2.30. The molecule has 0 aliphatic heterocycles. The molecule has 2 aromatic heterocycles. The fourth-order valence-corrected chi connectivity index (χ4v) is 4.81. The number of anilines is 2. The Morgan fingerprint density at radius 2 is 1.88 bits per heavy atom. The summed E-state index contributed by atoms with van der Waals surface area (Å²) in [4.78, 5) is 16.9.